The van der Waals surface area contributed by atoms with Gasteiger partial charge in [-0.05, 0) is 36.5 Å². The minimum atomic E-state index is 0.0652. The molecule has 0 aromatic heterocycles. The molecule has 0 saturated heterocycles. The van der Waals surface area contributed by atoms with Crippen LogP contribution in [0.2, 0.25) is 0 Å². The molecule has 2 N–H and O–H groups in total. The Morgan fingerprint density at radius 1 is 1.29 bits per heavy atom. The van der Waals surface area contributed by atoms with Gasteiger partial charge < -0.3 is 15.2 Å². The van der Waals surface area contributed by atoms with Crippen LogP contribution >= 0.6 is 0 Å². The number of nitrogens with one attached hydrogen (secondary N) is 1. The zero-order valence-electron chi connectivity index (χ0n) is 13.4. The Balaban J connectivity index is 2.69. The van der Waals surface area contributed by atoms with Gasteiger partial charge in [0.05, 0.1) is 0 Å². The van der Waals surface area contributed by atoms with Gasteiger partial charge in [-0.2, -0.15) is 5.26 Å². The maximum atomic E-state index is 9.22. The van der Waals surface area contributed by atoms with Gasteiger partial charge in [-0.25, -0.2) is 0 Å². The molecule has 0 aliphatic carbocycles. The molecule has 4 nitrogen and oxygen atoms in total. The van der Waals surface area contributed by atoms with Crippen LogP contribution in [0.3, 0.4) is 0 Å². The molecule has 4 heteroatoms. The zero-order valence-corrected chi connectivity index (χ0v) is 13.4. The molecule has 0 spiro atoms. The molecular formula is C17H26N2O2. The lowest BCUT2D eigenvalue weighted by Crippen LogP contribution is -2.42. The van der Waals surface area contributed by atoms with E-state index in [1.54, 1.807) is 0 Å². The molecule has 0 saturated carbocycles. The van der Waals surface area contributed by atoms with Crippen molar-refractivity contribution in [2.75, 3.05) is 13.2 Å². The number of hydrogen-bond donors (Lipinski definition) is 2. The molecule has 1 rings (SSSR count). The molecule has 2 atom stereocenters. The lowest BCUT2D eigenvalue weighted by atomic mass is 9.84. The third kappa shape index (κ3) is 5.74. The van der Waals surface area contributed by atoms with Crippen LogP contribution in [0.5, 0.6) is 5.75 Å². The molecule has 1 aromatic rings. The van der Waals surface area contributed by atoms with Crippen molar-refractivity contribution in [1.82, 2.24) is 5.32 Å². The predicted molar refractivity (Wildman–Crippen MR) is 84.0 cm³/mol. The van der Waals surface area contributed by atoms with E-state index >= 15 is 0 Å². The lowest BCUT2D eigenvalue weighted by molar-refractivity contribution is 0.188. The van der Waals surface area contributed by atoms with Crippen LogP contribution in [0.4, 0.5) is 0 Å². The van der Waals surface area contributed by atoms with E-state index in [9.17, 15) is 5.11 Å². The fourth-order valence-electron chi connectivity index (χ4n) is 2.26. The number of aliphatic hydroxyl groups is 1. The van der Waals surface area contributed by atoms with E-state index in [1.807, 2.05) is 30.3 Å². The summed E-state index contributed by atoms with van der Waals surface area (Å²) in [5.74, 6) is 0.704. The van der Waals surface area contributed by atoms with Gasteiger partial charge in [0.1, 0.15) is 11.8 Å². The molecule has 0 aliphatic rings. The summed E-state index contributed by atoms with van der Waals surface area (Å²) in [6, 6.07) is 10.1. The van der Waals surface area contributed by atoms with E-state index in [0.29, 0.717) is 5.75 Å². The molecule has 0 heterocycles. The van der Waals surface area contributed by atoms with E-state index < -0.39 is 0 Å². The lowest BCUT2D eigenvalue weighted by Gasteiger charge is -2.34. The van der Waals surface area contributed by atoms with Crippen molar-refractivity contribution in [1.29, 1.82) is 5.26 Å². The third-order valence-electron chi connectivity index (χ3n) is 3.60. The first-order chi connectivity index (χ1) is 9.88. The summed E-state index contributed by atoms with van der Waals surface area (Å²) >= 11 is 0. The van der Waals surface area contributed by atoms with Gasteiger partial charge in [0, 0.05) is 18.7 Å². The van der Waals surface area contributed by atoms with Crippen molar-refractivity contribution in [3.63, 3.8) is 0 Å². The van der Waals surface area contributed by atoms with Gasteiger partial charge in [-0.3, -0.25) is 0 Å². The van der Waals surface area contributed by atoms with E-state index in [1.165, 1.54) is 0 Å². The third-order valence-corrected chi connectivity index (χ3v) is 3.60. The molecule has 0 fully saturated rings. The normalized spacial score (nSPS) is 14.3. The molecule has 0 radical (unpaired) electrons. The van der Waals surface area contributed by atoms with Crippen LogP contribution in [0.25, 0.3) is 0 Å². The average Bonchev–Trinajstić information content (AvgIpc) is 2.44. The second-order valence-corrected chi connectivity index (χ2v) is 6.34. The largest absolute Gasteiger partial charge is 0.479 e. The Morgan fingerprint density at radius 2 is 1.90 bits per heavy atom. The molecule has 0 aliphatic heterocycles. The van der Waals surface area contributed by atoms with Crippen LogP contribution in [0.15, 0.2) is 24.3 Å². The zero-order chi connectivity index (χ0) is 15.9. The summed E-state index contributed by atoms with van der Waals surface area (Å²) < 4.78 is 5.25. The summed E-state index contributed by atoms with van der Waals surface area (Å²) in [4.78, 5) is 0. The van der Waals surface area contributed by atoms with Crippen molar-refractivity contribution in [3.8, 4) is 11.8 Å². The summed E-state index contributed by atoms with van der Waals surface area (Å²) in [6.45, 7) is 8.88. The molecule has 116 valence electrons. The van der Waals surface area contributed by atoms with E-state index in [4.69, 9.17) is 10.00 Å². The standard InChI is InChI=1S/C17H26N2O2/c1-13(19-16(9-11-20)17(2,3)4)14-5-7-15(8-6-14)21-12-10-18/h5-8,13,16,19-20H,9,11-12H2,1-4H3. The topological polar surface area (TPSA) is 65.3 Å². The average molecular weight is 290 g/mol. The van der Waals surface area contributed by atoms with Crippen molar-refractivity contribution in [3.05, 3.63) is 29.8 Å². The minimum absolute atomic E-state index is 0.0652. The Morgan fingerprint density at radius 3 is 2.38 bits per heavy atom. The minimum Gasteiger partial charge on any atom is -0.479 e. The molecule has 0 bridgehead atoms. The van der Waals surface area contributed by atoms with Gasteiger partial charge in [0.25, 0.3) is 0 Å². The molecule has 1 aromatic carbocycles. The summed E-state index contributed by atoms with van der Waals surface area (Å²) in [6.07, 6.45) is 0.733. The number of hydrogen-bond acceptors (Lipinski definition) is 4. The number of nitrogens with zero attached hydrogens (tertiary/aromatic N) is 1. The number of rotatable bonds is 7. The van der Waals surface area contributed by atoms with Gasteiger partial charge in [-0.1, -0.05) is 32.9 Å². The highest BCUT2D eigenvalue weighted by Gasteiger charge is 2.25. The van der Waals surface area contributed by atoms with Crippen LogP contribution in [0, 0.1) is 16.7 Å². The van der Waals surface area contributed by atoms with Crippen molar-refractivity contribution < 1.29 is 9.84 Å². The smallest absolute Gasteiger partial charge is 0.174 e. The maximum Gasteiger partial charge on any atom is 0.174 e. The Labute approximate surface area is 127 Å². The molecule has 21 heavy (non-hydrogen) atoms. The Bertz CT molecular complexity index is 457. The van der Waals surface area contributed by atoms with Gasteiger partial charge in [0.2, 0.25) is 0 Å². The maximum absolute atomic E-state index is 9.22. The summed E-state index contributed by atoms with van der Waals surface area (Å²) in [5.41, 5.74) is 1.25. The first kappa shape index (κ1) is 17.5. The Hall–Kier alpha value is -1.57. The molecule has 2 unspecified atom stereocenters. The van der Waals surface area contributed by atoms with E-state index in [-0.39, 0.29) is 30.7 Å². The monoisotopic (exact) mass is 290 g/mol. The van der Waals surface area contributed by atoms with Crippen molar-refractivity contribution in [2.24, 2.45) is 5.41 Å². The predicted octanol–water partition coefficient (Wildman–Crippen LogP) is 3.04. The SMILES string of the molecule is CC(NC(CCO)C(C)(C)C)c1ccc(OCC#N)cc1. The van der Waals surface area contributed by atoms with Gasteiger partial charge in [-0.15, -0.1) is 0 Å². The highest BCUT2D eigenvalue weighted by atomic mass is 16.5. The van der Waals surface area contributed by atoms with Crippen LogP contribution < -0.4 is 10.1 Å². The first-order valence-corrected chi connectivity index (χ1v) is 7.35. The molecule has 0 amide bonds. The fraction of sp³-hybridized carbons (Fsp3) is 0.588. The van der Waals surface area contributed by atoms with Gasteiger partial charge >= 0.3 is 0 Å². The summed E-state index contributed by atoms with van der Waals surface area (Å²) in [7, 11) is 0. The Kier molecular flexibility index (Phi) is 6.67. The van der Waals surface area contributed by atoms with Crippen LogP contribution in [0.1, 0.15) is 45.7 Å². The van der Waals surface area contributed by atoms with E-state index in [2.05, 4.69) is 33.0 Å². The second-order valence-electron chi connectivity index (χ2n) is 6.34. The fourth-order valence-corrected chi connectivity index (χ4v) is 2.26. The summed E-state index contributed by atoms with van der Waals surface area (Å²) in [5, 5.41) is 21.3. The van der Waals surface area contributed by atoms with Crippen LogP contribution in [-0.2, 0) is 0 Å². The van der Waals surface area contributed by atoms with E-state index in [0.717, 1.165) is 12.0 Å². The number of benzene rings is 1. The van der Waals surface area contributed by atoms with Crippen molar-refractivity contribution in [2.45, 2.75) is 46.2 Å². The first-order valence-electron chi connectivity index (χ1n) is 7.35. The van der Waals surface area contributed by atoms with Gasteiger partial charge in [0.15, 0.2) is 6.61 Å². The number of nitriles is 1. The second kappa shape index (κ2) is 8.02. The van der Waals surface area contributed by atoms with Crippen LogP contribution in [-0.4, -0.2) is 24.4 Å². The quantitative estimate of drug-likeness (QED) is 0.810. The number of ether oxygens (including phenoxy) is 1. The van der Waals surface area contributed by atoms with Crippen molar-refractivity contribution >= 4 is 0 Å². The highest BCUT2D eigenvalue weighted by Crippen LogP contribution is 2.25. The highest BCUT2D eigenvalue weighted by molar-refractivity contribution is 5.29. The molecular weight excluding hydrogens is 264 g/mol. The number of aliphatic hydroxyl groups excluding tert-OH is 1.